The van der Waals surface area contributed by atoms with E-state index in [-0.39, 0.29) is 18.2 Å². The molecule has 4 nitrogen and oxygen atoms in total. The summed E-state index contributed by atoms with van der Waals surface area (Å²) < 4.78 is 5.99. The molecule has 46 heavy (non-hydrogen) atoms. The summed E-state index contributed by atoms with van der Waals surface area (Å²) in [5, 5.41) is 10.0. The number of aliphatic hydroxyl groups excluding tert-OH is 1. The Kier molecular flexibility index (Phi) is 35.3. The summed E-state index contributed by atoms with van der Waals surface area (Å²) in [6.07, 6.45) is 46.2. The van der Waals surface area contributed by atoms with Crippen molar-refractivity contribution in [3.8, 4) is 0 Å². The standard InChI is InChI=1S/C42H79NO3/c1-5-7-9-10-11-12-13-14-15-16-17-18-21-24-27-31-36-41(46-42(45)38-33-39-43(3)4)37-32-28-25-22-19-20-23-26-30-35-40(44)34-29-8-6-2/h11-12,14-15,26,30,40-41,44H,5-10,13,16-25,27-29,31-39H2,1-4H3/t40-,41?/m1/s1. The van der Waals surface area contributed by atoms with Crippen LogP contribution in [0.1, 0.15) is 194 Å². The van der Waals surface area contributed by atoms with Crippen molar-refractivity contribution >= 4 is 5.97 Å². The van der Waals surface area contributed by atoms with E-state index in [0.29, 0.717) is 6.42 Å². The summed E-state index contributed by atoms with van der Waals surface area (Å²) in [6.45, 7) is 5.40. The molecule has 0 heterocycles. The summed E-state index contributed by atoms with van der Waals surface area (Å²) in [7, 11) is 4.11. The van der Waals surface area contributed by atoms with Gasteiger partial charge in [-0.15, -0.1) is 0 Å². The Morgan fingerprint density at radius 2 is 1.04 bits per heavy atom. The predicted molar refractivity (Wildman–Crippen MR) is 202 cm³/mol. The number of esters is 1. The van der Waals surface area contributed by atoms with Gasteiger partial charge in [0.2, 0.25) is 0 Å². The van der Waals surface area contributed by atoms with Crippen LogP contribution in [-0.4, -0.2) is 48.8 Å². The fraction of sp³-hybridized carbons (Fsp3) is 0.833. The minimum atomic E-state index is -0.163. The van der Waals surface area contributed by atoms with Gasteiger partial charge in [0.1, 0.15) is 6.10 Å². The Bertz CT molecular complexity index is 714. The lowest BCUT2D eigenvalue weighted by atomic mass is 10.0. The van der Waals surface area contributed by atoms with Gasteiger partial charge in [-0.3, -0.25) is 4.79 Å². The number of carbonyl (C=O) groups excluding carboxylic acids is 1. The average Bonchev–Trinajstić information content (AvgIpc) is 3.03. The van der Waals surface area contributed by atoms with Crippen LogP contribution in [0, 0.1) is 0 Å². The molecule has 2 atom stereocenters. The molecule has 0 aromatic carbocycles. The smallest absolute Gasteiger partial charge is 0.306 e. The number of ether oxygens (including phenoxy) is 1. The number of hydrogen-bond donors (Lipinski definition) is 1. The predicted octanol–water partition coefficient (Wildman–Crippen LogP) is 12.5. The molecule has 0 aromatic heterocycles. The van der Waals surface area contributed by atoms with E-state index in [4.69, 9.17) is 4.74 Å². The van der Waals surface area contributed by atoms with Crippen molar-refractivity contribution in [2.75, 3.05) is 20.6 Å². The zero-order valence-corrected chi connectivity index (χ0v) is 31.3. The van der Waals surface area contributed by atoms with Crippen LogP contribution in [0.25, 0.3) is 0 Å². The molecule has 0 radical (unpaired) electrons. The molecule has 4 heteroatoms. The maximum Gasteiger partial charge on any atom is 0.306 e. The lowest BCUT2D eigenvalue weighted by Crippen LogP contribution is -2.20. The third-order valence-electron chi connectivity index (χ3n) is 8.87. The lowest BCUT2D eigenvalue weighted by molar-refractivity contribution is -0.150. The van der Waals surface area contributed by atoms with Gasteiger partial charge in [0, 0.05) is 6.42 Å². The molecule has 0 aliphatic heterocycles. The highest BCUT2D eigenvalue weighted by Crippen LogP contribution is 2.18. The van der Waals surface area contributed by atoms with Crippen LogP contribution in [-0.2, 0) is 9.53 Å². The van der Waals surface area contributed by atoms with Crippen molar-refractivity contribution in [1.29, 1.82) is 0 Å². The van der Waals surface area contributed by atoms with E-state index in [9.17, 15) is 9.90 Å². The lowest BCUT2D eigenvalue weighted by Gasteiger charge is -2.18. The van der Waals surface area contributed by atoms with Gasteiger partial charge in [-0.05, 0) is 111 Å². The second-order valence-electron chi connectivity index (χ2n) is 13.9. The van der Waals surface area contributed by atoms with Crippen LogP contribution in [0.2, 0.25) is 0 Å². The highest BCUT2D eigenvalue weighted by molar-refractivity contribution is 5.69. The molecule has 1 N–H and O–H groups in total. The van der Waals surface area contributed by atoms with Crippen LogP contribution >= 0.6 is 0 Å². The minimum absolute atomic E-state index is 0.00609. The first-order valence-electron chi connectivity index (χ1n) is 20.0. The molecule has 0 aliphatic rings. The van der Waals surface area contributed by atoms with E-state index in [1.54, 1.807) is 0 Å². The Labute approximate surface area is 287 Å². The van der Waals surface area contributed by atoms with Gasteiger partial charge in [-0.1, -0.05) is 134 Å². The summed E-state index contributed by atoms with van der Waals surface area (Å²) in [5.74, 6) is -0.00609. The molecule has 0 amide bonds. The maximum atomic E-state index is 12.5. The number of aliphatic hydroxyl groups is 1. The Morgan fingerprint density at radius 1 is 0.587 bits per heavy atom. The third-order valence-corrected chi connectivity index (χ3v) is 8.87. The van der Waals surface area contributed by atoms with Gasteiger partial charge in [-0.25, -0.2) is 0 Å². The monoisotopic (exact) mass is 646 g/mol. The van der Waals surface area contributed by atoms with Gasteiger partial charge >= 0.3 is 5.97 Å². The van der Waals surface area contributed by atoms with Crippen molar-refractivity contribution in [1.82, 2.24) is 4.90 Å². The molecule has 1 unspecified atom stereocenters. The molecule has 270 valence electrons. The quantitative estimate of drug-likeness (QED) is 0.0423. The van der Waals surface area contributed by atoms with Crippen LogP contribution in [0.4, 0.5) is 0 Å². The van der Waals surface area contributed by atoms with E-state index >= 15 is 0 Å². The Morgan fingerprint density at radius 3 is 1.59 bits per heavy atom. The molecular weight excluding hydrogens is 566 g/mol. The van der Waals surface area contributed by atoms with Gasteiger partial charge in [-0.2, -0.15) is 0 Å². The first-order valence-corrected chi connectivity index (χ1v) is 20.0. The van der Waals surface area contributed by atoms with Crippen molar-refractivity contribution < 1.29 is 14.6 Å². The molecule has 0 aromatic rings. The molecule has 0 saturated carbocycles. The number of nitrogens with zero attached hydrogens (tertiary/aromatic N) is 1. The SMILES string of the molecule is CCCCCC=CCC=CCCCCCCCCC(CCCCCCCCC=CC[C@H](O)CCCCC)OC(=O)CCCN(C)C. The van der Waals surface area contributed by atoms with Crippen molar-refractivity contribution in [3.63, 3.8) is 0 Å². The molecule has 0 bridgehead atoms. The highest BCUT2D eigenvalue weighted by atomic mass is 16.5. The fourth-order valence-electron chi connectivity index (χ4n) is 5.87. The second-order valence-corrected chi connectivity index (χ2v) is 13.9. The van der Waals surface area contributed by atoms with Crippen LogP contribution in [0.5, 0.6) is 0 Å². The zero-order chi connectivity index (χ0) is 33.8. The molecule has 0 saturated heterocycles. The van der Waals surface area contributed by atoms with Crippen molar-refractivity contribution in [2.24, 2.45) is 0 Å². The Balaban J connectivity index is 4.04. The van der Waals surface area contributed by atoms with Gasteiger partial charge in [0.15, 0.2) is 0 Å². The maximum absolute atomic E-state index is 12.5. The molecule has 0 rings (SSSR count). The molecule has 0 fully saturated rings. The van der Waals surface area contributed by atoms with Crippen LogP contribution in [0.15, 0.2) is 36.5 Å². The molecule has 0 aliphatic carbocycles. The normalized spacial score (nSPS) is 13.5. The van der Waals surface area contributed by atoms with Crippen LogP contribution in [0.3, 0.4) is 0 Å². The van der Waals surface area contributed by atoms with E-state index in [2.05, 4.69) is 69.3 Å². The average molecular weight is 646 g/mol. The summed E-state index contributed by atoms with van der Waals surface area (Å²) in [4.78, 5) is 14.6. The third kappa shape index (κ3) is 35.5. The Hall–Kier alpha value is -1.39. The van der Waals surface area contributed by atoms with Crippen molar-refractivity contribution in [2.45, 2.75) is 206 Å². The largest absolute Gasteiger partial charge is 0.462 e. The van der Waals surface area contributed by atoms with Crippen molar-refractivity contribution in [3.05, 3.63) is 36.5 Å². The molecular formula is C42H79NO3. The van der Waals surface area contributed by atoms with Crippen LogP contribution < -0.4 is 0 Å². The van der Waals surface area contributed by atoms with E-state index in [1.807, 2.05) is 0 Å². The first kappa shape index (κ1) is 44.6. The van der Waals surface area contributed by atoms with Gasteiger partial charge in [0.25, 0.3) is 0 Å². The second kappa shape index (κ2) is 36.4. The summed E-state index contributed by atoms with van der Waals surface area (Å²) in [6, 6.07) is 0. The van der Waals surface area contributed by atoms with E-state index in [1.165, 1.54) is 116 Å². The van der Waals surface area contributed by atoms with E-state index in [0.717, 1.165) is 64.3 Å². The summed E-state index contributed by atoms with van der Waals surface area (Å²) in [5.41, 5.74) is 0. The van der Waals surface area contributed by atoms with E-state index < -0.39 is 0 Å². The number of allylic oxidation sites excluding steroid dienone is 5. The highest BCUT2D eigenvalue weighted by Gasteiger charge is 2.14. The topological polar surface area (TPSA) is 49.8 Å². The fourth-order valence-corrected chi connectivity index (χ4v) is 5.87. The molecule has 0 spiro atoms. The number of rotatable bonds is 35. The number of hydrogen-bond acceptors (Lipinski definition) is 4. The minimum Gasteiger partial charge on any atom is -0.462 e. The number of carbonyl (C=O) groups is 1. The number of unbranched alkanes of at least 4 members (excludes halogenated alkanes) is 17. The zero-order valence-electron chi connectivity index (χ0n) is 31.3. The summed E-state index contributed by atoms with van der Waals surface area (Å²) >= 11 is 0. The van der Waals surface area contributed by atoms with Gasteiger partial charge in [0.05, 0.1) is 6.10 Å². The first-order chi connectivity index (χ1) is 22.5. The van der Waals surface area contributed by atoms with Gasteiger partial charge < -0.3 is 14.7 Å².